The van der Waals surface area contributed by atoms with Crippen LogP contribution in [0.1, 0.15) is 11.1 Å². The molecule has 1 saturated heterocycles. The highest BCUT2D eigenvalue weighted by Crippen LogP contribution is 2.21. The Hall–Kier alpha value is -2.16. The van der Waals surface area contributed by atoms with E-state index in [1.165, 1.54) is 0 Å². The Bertz CT molecular complexity index is 582. The zero-order chi connectivity index (χ0) is 17.0. The molecule has 2 rings (SSSR count). The summed E-state index contributed by atoms with van der Waals surface area (Å²) in [6.07, 6.45) is -0.301. The lowest BCUT2D eigenvalue weighted by molar-refractivity contribution is -0.0774. The van der Waals surface area contributed by atoms with E-state index in [2.05, 4.69) is 0 Å². The molecule has 128 valence electrons. The molecule has 0 saturated carbocycles. The molecule has 0 aromatic heterocycles. The van der Waals surface area contributed by atoms with Gasteiger partial charge in [0.25, 0.3) is 0 Å². The number of rotatable bonds is 3. The Morgan fingerprint density at radius 3 is 2.38 bits per heavy atom. The summed E-state index contributed by atoms with van der Waals surface area (Å²) in [4.78, 5) is 0. The molecular formula is C17H20N2O5. The van der Waals surface area contributed by atoms with Gasteiger partial charge < -0.3 is 23.7 Å². The van der Waals surface area contributed by atoms with Crippen molar-refractivity contribution in [1.29, 1.82) is 10.5 Å². The second-order valence-electron chi connectivity index (χ2n) is 5.01. The van der Waals surface area contributed by atoms with E-state index in [0.717, 1.165) is 0 Å². The minimum Gasteiger partial charge on any atom is -0.489 e. The maximum Gasteiger partial charge on any atom is 0.138 e. The zero-order valence-corrected chi connectivity index (χ0v) is 13.4. The van der Waals surface area contributed by atoms with Crippen molar-refractivity contribution in [2.75, 3.05) is 52.9 Å². The number of nitriles is 2. The predicted molar refractivity (Wildman–Crippen MR) is 83.6 cm³/mol. The van der Waals surface area contributed by atoms with Gasteiger partial charge in [-0.3, -0.25) is 0 Å². The van der Waals surface area contributed by atoms with Crippen LogP contribution < -0.4 is 4.74 Å². The van der Waals surface area contributed by atoms with E-state index in [0.29, 0.717) is 52.0 Å². The maximum atomic E-state index is 9.21. The molecule has 1 aromatic carbocycles. The summed E-state index contributed by atoms with van der Waals surface area (Å²) < 4.78 is 27.6. The predicted octanol–water partition coefficient (Wildman–Crippen LogP) is 1.26. The van der Waals surface area contributed by atoms with Gasteiger partial charge in [0.05, 0.1) is 51.8 Å². The molecule has 1 heterocycles. The second kappa shape index (κ2) is 10.6. The standard InChI is InChI=1S/C17H20N2O5/c18-10-14-2-1-3-17(16(14)11-19)24-13-15-12-22-7-6-20-4-5-21-8-9-23-15/h1-3,15H,4-9,12-13H2. The van der Waals surface area contributed by atoms with E-state index >= 15 is 0 Å². The summed E-state index contributed by atoms with van der Waals surface area (Å²) >= 11 is 0. The zero-order valence-electron chi connectivity index (χ0n) is 13.4. The third-order valence-corrected chi connectivity index (χ3v) is 3.31. The molecule has 0 radical (unpaired) electrons. The molecule has 24 heavy (non-hydrogen) atoms. The first-order valence-corrected chi connectivity index (χ1v) is 7.76. The number of hydrogen-bond acceptors (Lipinski definition) is 7. The molecule has 7 nitrogen and oxygen atoms in total. The number of nitrogens with zero attached hydrogens (tertiary/aromatic N) is 2. The van der Waals surface area contributed by atoms with Gasteiger partial charge in [-0.25, -0.2) is 0 Å². The van der Waals surface area contributed by atoms with E-state index < -0.39 is 0 Å². The van der Waals surface area contributed by atoms with Gasteiger partial charge in [-0.15, -0.1) is 0 Å². The molecule has 7 heteroatoms. The lowest BCUT2D eigenvalue weighted by Crippen LogP contribution is -2.30. The smallest absolute Gasteiger partial charge is 0.138 e. The lowest BCUT2D eigenvalue weighted by atomic mass is 10.1. The third-order valence-electron chi connectivity index (χ3n) is 3.31. The third kappa shape index (κ3) is 5.80. The molecule has 0 N–H and O–H groups in total. The number of hydrogen-bond donors (Lipinski definition) is 0. The Balaban J connectivity index is 1.93. The largest absolute Gasteiger partial charge is 0.489 e. The molecule has 1 aliphatic rings. The van der Waals surface area contributed by atoms with Gasteiger partial charge in [-0.1, -0.05) is 6.07 Å². The van der Waals surface area contributed by atoms with E-state index in [-0.39, 0.29) is 23.8 Å². The minimum absolute atomic E-state index is 0.213. The highest BCUT2D eigenvalue weighted by molar-refractivity contribution is 5.53. The number of benzene rings is 1. The van der Waals surface area contributed by atoms with Crippen molar-refractivity contribution in [2.45, 2.75) is 6.10 Å². The Morgan fingerprint density at radius 1 is 0.958 bits per heavy atom. The first kappa shape index (κ1) is 18.2. The van der Waals surface area contributed by atoms with Gasteiger partial charge >= 0.3 is 0 Å². The van der Waals surface area contributed by atoms with Gasteiger partial charge in [-0.2, -0.15) is 10.5 Å². The molecule has 0 bridgehead atoms. The summed E-state index contributed by atoms with van der Waals surface area (Å²) in [5, 5.41) is 18.2. The topological polar surface area (TPSA) is 93.7 Å². The van der Waals surface area contributed by atoms with Crippen molar-refractivity contribution < 1.29 is 23.7 Å². The minimum atomic E-state index is -0.301. The van der Waals surface area contributed by atoms with Gasteiger partial charge in [0.1, 0.15) is 36.2 Å². The Labute approximate surface area is 141 Å². The number of ether oxygens (including phenoxy) is 5. The lowest BCUT2D eigenvalue weighted by Gasteiger charge is -2.20. The monoisotopic (exact) mass is 332 g/mol. The molecule has 0 amide bonds. The van der Waals surface area contributed by atoms with Crippen LogP contribution in [0.15, 0.2) is 18.2 Å². The molecular weight excluding hydrogens is 312 g/mol. The maximum absolute atomic E-state index is 9.21. The molecule has 1 unspecified atom stereocenters. The molecule has 1 atom stereocenters. The van der Waals surface area contributed by atoms with Gasteiger partial charge in [0.2, 0.25) is 0 Å². The van der Waals surface area contributed by atoms with Gasteiger partial charge in [-0.05, 0) is 12.1 Å². The normalized spacial score (nSPS) is 20.0. The van der Waals surface area contributed by atoms with Gasteiger partial charge in [0, 0.05) is 0 Å². The van der Waals surface area contributed by atoms with Crippen LogP contribution in [0.5, 0.6) is 5.75 Å². The fourth-order valence-corrected chi connectivity index (χ4v) is 2.12. The van der Waals surface area contributed by atoms with E-state index in [1.54, 1.807) is 18.2 Å². The van der Waals surface area contributed by atoms with Crippen LogP contribution in [-0.2, 0) is 18.9 Å². The van der Waals surface area contributed by atoms with Crippen LogP contribution in [0.3, 0.4) is 0 Å². The van der Waals surface area contributed by atoms with Crippen LogP contribution >= 0.6 is 0 Å². The molecule has 1 aromatic rings. The highest BCUT2D eigenvalue weighted by Gasteiger charge is 2.14. The van der Waals surface area contributed by atoms with Crippen LogP contribution in [0.4, 0.5) is 0 Å². The first-order chi connectivity index (χ1) is 11.8. The van der Waals surface area contributed by atoms with E-state index in [9.17, 15) is 5.26 Å². The molecule has 0 spiro atoms. The quantitative estimate of drug-likeness (QED) is 0.822. The first-order valence-electron chi connectivity index (χ1n) is 7.76. The Kier molecular flexibility index (Phi) is 8.02. The molecule has 0 aliphatic carbocycles. The van der Waals surface area contributed by atoms with Crippen molar-refractivity contribution in [3.05, 3.63) is 29.3 Å². The SMILES string of the molecule is N#Cc1cccc(OCC2COCCOCCOCCO2)c1C#N. The van der Waals surface area contributed by atoms with Gasteiger partial charge in [0.15, 0.2) is 0 Å². The van der Waals surface area contributed by atoms with Crippen LogP contribution in [0.2, 0.25) is 0 Å². The summed E-state index contributed by atoms with van der Waals surface area (Å²) in [6.45, 7) is 3.48. The fraction of sp³-hybridized carbons (Fsp3) is 0.529. The van der Waals surface area contributed by atoms with E-state index in [4.69, 9.17) is 28.9 Å². The summed E-state index contributed by atoms with van der Waals surface area (Å²) in [5.41, 5.74) is 0.516. The van der Waals surface area contributed by atoms with Crippen molar-refractivity contribution in [1.82, 2.24) is 0 Å². The molecule has 1 fully saturated rings. The average molecular weight is 332 g/mol. The fourth-order valence-electron chi connectivity index (χ4n) is 2.12. The molecule has 1 aliphatic heterocycles. The highest BCUT2D eigenvalue weighted by atomic mass is 16.6. The van der Waals surface area contributed by atoms with Crippen LogP contribution in [0.25, 0.3) is 0 Å². The van der Waals surface area contributed by atoms with Crippen molar-refractivity contribution in [2.24, 2.45) is 0 Å². The van der Waals surface area contributed by atoms with Crippen molar-refractivity contribution in [3.8, 4) is 17.9 Å². The van der Waals surface area contributed by atoms with E-state index in [1.807, 2.05) is 12.1 Å². The Morgan fingerprint density at radius 2 is 1.67 bits per heavy atom. The van der Waals surface area contributed by atoms with Crippen molar-refractivity contribution >= 4 is 0 Å². The summed E-state index contributed by atoms with van der Waals surface area (Å²) in [6, 6.07) is 8.90. The summed E-state index contributed by atoms with van der Waals surface area (Å²) in [7, 11) is 0. The van der Waals surface area contributed by atoms with Crippen LogP contribution in [-0.4, -0.2) is 59.0 Å². The van der Waals surface area contributed by atoms with Crippen molar-refractivity contribution in [3.63, 3.8) is 0 Å². The summed E-state index contributed by atoms with van der Waals surface area (Å²) in [5.74, 6) is 0.367. The van der Waals surface area contributed by atoms with Crippen LogP contribution in [0, 0.1) is 22.7 Å². The average Bonchev–Trinajstić information content (AvgIpc) is 2.60. The second-order valence-corrected chi connectivity index (χ2v) is 5.01.